The number of fused-ring (bicyclic) bond motifs is 2. The molecule has 0 aliphatic heterocycles. The molecule has 0 bridgehead atoms. The highest BCUT2D eigenvalue weighted by Gasteiger charge is 2.44. The van der Waals surface area contributed by atoms with E-state index in [0.29, 0.717) is 17.8 Å². The zero-order valence-electron chi connectivity index (χ0n) is 49.7. The zero-order valence-corrected chi connectivity index (χ0v) is 49.7. The number of aryl methyl sites for hydroxylation is 1. The van der Waals surface area contributed by atoms with Gasteiger partial charge in [-0.25, -0.2) is 0 Å². The van der Waals surface area contributed by atoms with Gasteiger partial charge < -0.3 is 0 Å². The van der Waals surface area contributed by atoms with Crippen LogP contribution < -0.4 is 0 Å². The van der Waals surface area contributed by atoms with Crippen molar-refractivity contribution in [2.75, 3.05) is 0 Å². The third kappa shape index (κ3) is 15.5. The fourth-order valence-corrected chi connectivity index (χ4v) is 11.1. The van der Waals surface area contributed by atoms with Crippen LogP contribution in [0.1, 0.15) is 181 Å². The summed E-state index contributed by atoms with van der Waals surface area (Å²) in [4.78, 5) is 0. The molecular weight excluding hydrogens is 901 g/mol. The standard InChI is InChI=1S/C43H58.C21H20.C7H8.2C2H6/c1-14-22-34(18-5)42-39-27-26-36(29-40(39)43(20-7,21-8)41(42)28-30(9)10)31(11)32(12)37(19-6)38(25-17-4)33(13)35(23-15-2)24-16-3;1-4-16-17(5-2)20-14-10-13-19(21(20)18(16)6-3)15-11-8-7-9-12-15;1-7-5-3-2-4-6-7;2*1-2/h14-16,18-19,23-24,26-29,31-32H,1-2,5,9,17,20-22,25H2,3-4,6-8,10-13H3;4,6-14,17H,1,3,5H2,2H3;2-6H,1H3;2*1-2H3/b24-16-,35-23+,37-19-,38-33+,41-28+,42-34-;;;;. The van der Waals surface area contributed by atoms with Gasteiger partial charge in [-0.2, -0.15) is 0 Å². The van der Waals surface area contributed by atoms with Crippen LogP contribution in [-0.2, 0) is 5.41 Å². The van der Waals surface area contributed by atoms with E-state index in [9.17, 15) is 0 Å². The maximum atomic E-state index is 4.29. The number of hydrogen-bond donors (Lipinski definition) is 0. The van der Waals surface area contributed by atoms with Crippen molar-refractivity contribution in [3.8, 4) is 11.1 Å². The van der Waals surface area contributed by atoms with Gasteiger partial charge in [-0.1, -0.05) is 278 Å². The van der Waals surface area contributed by atoms with E-state index < -0.39 is 0 Å². The fraction of sp³-hybridized carbons (Fsp3) is 0.333. The lowest BCUT2D eigenvalue weighted by Crippen LogP contribution is -2.24. The molecule has 0 saturated carbocycles. The molecular formula is C75H98. The van der Waals surface area contributed by atoms with E-state index in [0.717, 1.165) is 44.1 Å². The smallest absolute Gasteiger partial charge is 0.0210 e. The van der Waals surface area contributed by atoms with Gasteiger partial charge in [0.05, 0.1) is 0 Å². The molecule has 2 aliphatic rings. The van der Waals surface area contributed by atoms with Crippen LogP contribution >= 0.6 is 0 Å². The summed E-state index contributed by atoms with van der Waals surface area (Å²) < 4.78 is 0. The average molecular weight is 1000 g/mol. The van der Waals surface area contributed by atoms with Crippen LogP contribution in [0.2, 0.25) is 0 Å². The van der Waals surface area contributed by atoms with E-state index in [1.54, 1.807) is 0 Å². The minimum Gasteiger partial charge on any atom is -0.103 e. The summed E-state index contributed by atoms with van der Waals surface area (Å²) in [5, 5.41) is 0. The Bertz CT molecular complexity index is 2740. The molecule has 4 aromatic carbocycles. The Morgan fingerprint density at radius 3 is 1.84 bits per heavy atom. The van der Waals surface area contributed by atoms with Crippen LogP contribution in [0.3, 0.4) is 0 Å². The second kappa shape index (κ2) is 33.4. The Morgan fingerprint density at radius 2 is 1.37 bits per heavy atom. The van der Waals surface area contributed by atoms with Crippen LogP contribution in [-0.4, -0.2) is 0 Å². The number of allylic oxidation sites excluding steroid dienone is 20. The van der Waals surface area contributed by atoms with Crippen LogP contribution in [0.5, 0.6) is 0 Å². The third-order valence-electron chi connectivity index (χ3n) is 14.9. The van der Waals surface area contributed by atoms with E-state index in [1.807, 2.05) is 76.3 Å². The molecule has 75 heavy (non-hydrogen) atoms. The Kier molecular flexibility index (Phi) is 28.8. The molecule has 3 atom stereocenters. The minimum absolute atomic E-state index is 0.0534. The predicted octanol–water partition coefficient (Wildman–Crippen LogP) is 23.3. The molecule has 398 valence electrons. The molecule has 0 nitrogen and oxygen atoms in total. The van der Waals surface area contributed by atoms with Crippen LogP contribution in [0.15, 0.2) is 242 Å². The van der Waals surface area contributed by atoms with Crippen molar-refractivity contribution in [2.45, 2.75) is 160 Å². The van der Waals surface area contributed by atoms with Crippen molar-refractivity contribution in [3.63, 3.8) is 0 Å². The van der Waals surface area contributed by atoms with E-state index in [1.165, 1.54) is 94.7 Å². The quantitative estimate of drug-likeness (QED) is 0.0649. The van der Waals surface area contributed by atoms with Crippen molar-refractivity contribution in [1.82, 2.24) is 0 Å². The molecule has 0 radical (unpaired) electrons. The molecule has 0 heterocycles. The van der Waals surface area contributed by atoms with Gasteiger partial charge >= 0.3 is 0 Å². The third-order valence-corrected chi connectivity index (χ3v) is 14.9. The predicted molar refractivity (Wildman–Crippen MR) is 342 cm³/mol. The summed E-state index contributed by atoms with van der Waals surface area (Å²) in [6, 6.07) is 34.7. The molecule has 0 aromatic heterocycles. The first-order valence-corrected chi connectivity index (χ1v) is 28.3. The topological polar surface area (TPSA) is 0 Å². The molecule has 4 aromatic rings. The normalized spacial score (nSPS) is 16.6. The second-order valence-corrected chi connectivity index (χ2v) is 19.2. The first-order valence-electron chi connectivity index (χ1n) is 28.3. The van der Waals surface area contributed by atoms with Gasteiger partial charge in [0.2, 0.25) is 0 Å². The molecule has 0 amide bonds. The van der Waals surface area contributed by atoms with Crippen molar-refractivity contribution < 1.29 is 0 Å². The van der Waals surface area contributed by atoms with Gasteiger partial charge in [-0.15, -0.1) is 6.58 Å². The lowest BCUT2D eigenvalue weighted by atomic mass is 9.71. The summed E-state index contributed by atoms with van der Waals surface area (Å²) in [6.45, 7) is 57.3. The lowest BCUT2D eigenvalue weighted by Gasteiger charge is -2.32. The molecule has 0 heteroatoms. The summed E-state index contributed by atoms with van der Waals surface area (Å²) >= 11 is 0. The van der Waals surface area contributed by atoms with Gasteiger partial charge in [-0.05, 0) is 168 Å². The summed E-state index contributed by atoms with van der Waals surface area (Å²) in [6.07, 6.45) is 27.2. The highest BCUT2D eigenvalue weighted by molar-refractivity contribution is 5.94. The molecule has 3 unspecified atom stereocenters. The Morgan fingerprint density at radius 1 is 0.747 bits per heavy atom. The van der Waals surface area contributed by atoms with Crippen molar-refractivity contribution in [3.05, 3.63) is 275 Å². The largest absolute Gasteiger partial charge is 0.103 e. The molecule has 0 saturated heterocycles. The van der Waals surface area contributed by atoms with Gasteiger partial charge in [0.1, 0.15) is 0 Å². The van der Waals surface area contributed by atoms with Crippen molar-refractivity contribution in [2.24, 2.45) is 5.92 Å². The molecule has 0 spiro atoms. The lowest BCUT2D eigenvalue weighted by molar-refractivity contribution is 0.487. The molecule has 2 aliphatic carbocycles. The van der Waals surface area contributed by atoms with Crippen LogP contribution in [0.4, 0.5) is 0 Å². The first-order chi connectivity index (χ1) is 36.3. The van der Waals surface area contributed by atoms with Gasteiger partial charge in [0, 0.05) is 11.3 Å². The Labute approximate surface area is 460 Å². The van der Waals surface area contributed by atoms with Gasteiger partial charge in [-0.3, -0.25) is 0 Å². The fourth-order valence-electron chi connectivity index (χ4n) is 11.1. The maximum Gasteiger partial charge on any atom is 0.0210 e. The van der Waals surface area contributed by atoms with Gasteiger partial charge in [0.25, 0.3) is 0 Å². The maximum absolute atomic E-state index is 4.29. The summed E-state index contributed by atoms with van der Waals surface area (Å²) in [5.41, 5.74) is 23.8. The average Bonchev–Trinajstić information content (AvgIpc) is 3.91. The van der Waals surface area contributed by atoms with Crippen molar-refractivity contribution >= 4 is 11.1 Å². The van der Waals surface area contributed by atoms with Crippen LogP contribution in [0, 0.1) is 12.8 Å². The number of rotatable bonds is 19. The highest BCUT2D eigenvalue weighted by atomic mass is 14.5. The van der Waals surface area contributed by atoms with E-state index in [2.05, 4.69) is 225 Å². The Balaban J connectivity index is 0.000000489. The molecule has 0 fully saturated rings. The zero-order chi connectivity index (χ0) is 56.3. The van der Waals surface area contributed by atoms with E-state index in [4.69, 9.17) is 0 Å². The first kappa shape index (κ1) is 64.6. The van der Waals surface area contributed by atoms with E-state index in [-0.39, 0.29) is 5.41 Å². The van der Waals surface area contributed by atoms with E-state index >= 15 is 0 Å². The van der Waals surface area contributed by atoms with Crippen LogP contribution in [0.25, 0.3) is 22.3 Å². The number of hydrogen-bond acceptors (Lipinski definition) is 0. The van der Waals surface area contributed by atoms with Gasteiger partial charge in [0.15, 0.2) is 0 Å². The molecule has 0 N–H and O–H groups in total. The minimum atomic E-state index is -0.0534. The molecule has 6 rings (SSSR count). The monoisotopic (exact) mass is 999 g/mol. The van der Waals surface area contributed by atoms with Crippen molar-refractivity contribution in [1.29, 1.82) is 0 Å². The SMILES string of the molecule is C=C/C=C(\C=C/C)C(/C)=C(CCC)/C(=C\C)C(C)C(C)c1ccc2c(c1)C(CC)(CC)C(=C/C(=C)C)/C2=C(/C=C)CC=C.C=CC1=C(C=C)C(CC)c2cccc(-c3ccccc3)c21.CC.CC.Cc1ccccc1. The summed E-state index contributed by atoms with van der Waals surface area (Å²) in [5.74, 6) is 1.15. The second-order valence-electron chi connectivity index (χ2n) is 19.2. The summed E-state index contributed by atoms with van der Waals surface area (Å²) in [7, 11) is 0. The number of benzene rings is 4. The highest BCUT2D eigenvalue weighted by Crippen LogP contribution is 2.56. The Hall–Kier alpha value is -6.50.